The first-order chi connectivity index (χ1) is 14.7. The first-order valence-electron chi connectivity index (χ1n) is 9.72. The monoisotopic (exact) mass is 435 g/mol. The van der Waals surface area contributed by atoms with Crippen LogP contribution in [0.5, 0.6) is 5.75 Å². The van der Waals surface area contributed by atoms with Gasteiger partial charge in [0.25, 0.3) is 5.95 Å². The summed E-state index contributed by atoms with van der Waals surface area (Å²) in [6.07, 6.45) is -0.297. The van der Waals surface area contributed by atoms with Gasteiger partial charge in [0.15, 0.2) is 5.82 Å². The second kappa shape index (κ2) is 9.34. The first kappa shape index (κ1) is 22.5. The summed E-state index contributed by atoms with van der Waals surface area (Å²) in [7, 11) is 1.32. The Balaban J connectivity index is 2.16. The second-order valence-corrected chi connectivity index (χ2v) is 7.12. The number of aliphatic hydroxyl groups excluding tert-OH is 1. The zero-order valence-electron chi connectivity index (χ0n) is 17.7. The molecule has 0 saturated heterocycles. The molecule has 0 saturated carbocycles. The Kier molecular flexibility index (Phi) is 6.79. The Morgan fingerprint density at radius 1 is 1.10 bits per heavy atom. The fraction of sp³-hybridized carbons (Fsp3) is 0.381. The van der Waals surface area contributed by atoms with Gasteiger partial charge in [-0.15, -0.1) is 5.10 Å². The van der Waals surface area contributed by atoms with Crippen LogP contribution in [0.25, 0.3) is 11.4 Å². The number of methoxy groups -OCH3 is 1. The molecule has 7 nitrogen and oxygen atoms in total. The van der Waals surface area contributed by atoms with Crippen molar-refractivity contribution in [3.05, 3.63) is 47.5 Å². The fourth-order valence-corrected chi connectivity index (χ4v) is 3.19. The second-order valence-electron chi connectivity index (χ2n) is 7.12. The fourth-order valence-electron chi connectivity index (χ4n) is 3.19. The molecule has 2 aromatic heterocycles. The van der Waals surface area contributed by atoms with E-state index in [0.717, 1.165) is 23.5 Å². The standard InChI is InChI=1S/C21H24F3N5O2/c1-5-17(30)11-28-19(14-6-12(2)25-13(3)7-14)26-21(27-28)29(20(23)24)16-8-15(22)9-18(10-16)31-4/h6-10,17,20,30H,5,11H2,1-4H3/t17-/m0/s1. The third-order valence-electron chi connectivity index (χ3n) is 4.64. The van der Waals surface area contributed by atoms with E-state index in [4.69, 9.17) is 4.74 Å². The van der Waals surface area contributed by atoms with Crippen LogP contribution in [0.3, 0.4) is 0 Å². The number of benzene rings is 1. The van der Waals surface area contributed by atoms with Crippen LogP contribution in [0.2, 0.25) is 0 Å². The minimum atomic E-state index is -3.05. The van der Waals surface area contributed by atoms with Gasteiger partial charge in [-0.05, 0) is 38.5 Å². The average molecular weight is 435 g/mol. The van der Waals surface area contributed by atoms with Crippen molar-refractivity contribution in [2.24, 2.45) is 0 Å². The van der Waals surface area contributed by atoms with Gasteiger partial charge in [0.05, 0.1) is 25.4 Å². The highest BCUT2D eigenvalue weighted by Crippen LogP contribution is 2.32. The lowest BCUT2D eigenvalue weighted by Crippen LogP contribution is -2.25. The number of hydrogen-bond donors (Lipinski definition) is 1. The molecule has 0 amide bonds. The third kappa shape index (κ3) is 5.13. The Labute approximate surface area is 178 Å². The van der Waals surface area contributed by atoms with E-state index in [1.165, 1.54) is 17.9 Å². The van der Waals surface area contributed by atoms with Crippen molar-refractivity contribution in [1.29, 1.82) is 0 Å². The van der Waals surface area contributed by atoms with Crippen LogP contribution in [0.4, 0.5) is 24.8 Å². The van der Waals surface area contributed by atoms with Crippen LogP contribution in [0.1, 0.15) is 24.7 Å². The van der Waals surface area contributed by atoms with Crippen LogP contribution < -0.4 is 9.64 Å². The van der Waals surface area contributed by atoms with Crippen LogP contribution in [0.15, 0.2) is 30.3 Å². The van der Waals surface area contributed by atoms with E-state index in [2.05, 4.69) is 15.1 Å². The van der Waals surface area contributed by atoms with Crippen LogP contribution >= 0.6 is 0 Å². The number of anilines is 2. The molecule has 0 aliphatic rings. The Hall–Kier alpha value is -3.14. The summed E-state index contributed by atoms with van der Waals surface area (Å²) < 4.78 is 48.5. The van der Waals surface area contributed by atoms with Gasteiger partial charge in [-0.2, -0.15) is 13.8 Å². The van der Waals surface area contributed by atoms with Gasteiger partial charge in [0.2, 0.25) is 0 Å². The van der Waals surface area contributed by atoms with E-state index in [-0.39, 0.29) is 23.9 Å². The topological polar surface area (TPSA) is 76.3 Å². The molecular weight excluding hydrogens is 411 g/mol. The summed E-state index contributed by atoms with van der Waals surface area (Å²) >= 11 is 0. The van der Waals surface area contributed by atoms with Crippen molar-refractivity contribution in [1.82, 2.24) is 19.7 Å². The van der Waals surface area contributed by atoms with Crippen LogP contribution in [-0.2, 0) is 6.54 Å². The number of pyridine rings is 1. The summed E-state index contributed by atoms with van der Waals surface area (Å²) in [5, 5.41) is 14.4. The van der Waals surface area contributed by atoms with Gasteiger partial charge in [-0.25, -0.2) is 9.07 Å². The lowest BCUT2D eigenvalue weighted by Gasteiger charge is -2.20. The van der Waals surface area contributed by atoms with Gasteiger partial charge >= 0.3 is 6.55 Å². The van der Waals surface area contributed by atoms with Crippen molar-refractivity contribution < 1.29 is 23.0 Å². The minimum Gasteiger partial charge on any atom is -0.497 e. The molecule has 0 unspecified atom stereocenters. The molecule has 1 aromatic carbocycles. The van der Waals surface area contributed by atoms with Crippen molar-refractivity contribution in [2.45, 2.75) is 46.4 Å². The number of nitrogens with zero attached hydrogens (tertiary/aromatic N) is 5. The molecule has 0 radical (unpaired) electrons. The van der Waals surface area contributed by atoms with E-state index in [1.54, 1.807) is 19.1 Å². The molecular formula is C21H24F3N5O2. The lowest BCUT2D eigenvalue weighted by molar-refractivity contribution is 0.144. The molecule has 3 rings (SSSR count). The number of aryl methyl sites for hydroxylation is 2. The van der Waals surface area contributed by atoms with E-state index in [9.17, 15) is 18.3 Å². The SMILES string of the molecule is CC[C@H](O)Cn1nc(N(c2cc(F)cc(OC)c2)C(F)F)nc1-c1cc(C)nc(C)c1. The van der Waals surface area contributed by atoms with E-state index in [0.29, 0.717) is 22.7 Å². The summed E-state index contributed by atoms with van der Waals surface area (Å²) in [5.41, 5.74) is 1.91. The molecule has 31 heavy (non-hydrogen) atoms. The quantitative estimate of drug-likeness (QED) is 0.534. The van der Waals surface area contributed by atoms with Gasteiger partial charge in [-0.3, -0.25) is 9.88 Å². The maximum Gasteiger partial charge on any atom is 0.321 e. The zero-order chi connectivity index (χ0) is 22.7. The molecule has 0 aliphatic heterocycles. The van der Waals surface area contributed by atoms with E-state index >= 15 is 0 Å². The van der Waals surface area contributed by atoms with Gasteiger partial charge in [0.1, 0.15) is 11.6 Å². The summed E-state index contributed by atoms with van der Waals surface area (Å²) in [6.45, 7) is 2.43. The smallest absolute Gasteiger partial charge is 0.321 e. The van der Waals surface area contributed by atoms with Crippen molar-refractivity contribution in [2.75, 3.05) is 12.0 Å². The maximum absolute atomic E-state index is 14.1. The van der Waals surface area contributed by atoms with Crippen molar-refractivity contribution in [3.63, 3.8) is 0 Å². The first-order valence-corrected chi connectivity index (χ1v) is 9.72. The average Bonchev–Trinajstić information content (AvgIpc) is 3.09. The number of halogens is 3. The van der Waals surface area contributed by atoms with Gasteiger partial charge < -0.3 is 9.84 Å². The van der Waals surface area contributed by atoms with Gasteiger partial charge in [-0.1, -0.05) is 6.92 Å². The molecule has 3 aromatic rings. The molecule has 10 heteroatoms. The lowest BCUT2D eigenvalue weighted by atomic mass is 10.2. The molecule has 0 bridgehead atoms. The van der Waals surface area contributed by atoms with E-state index in [1.807, 2.05) is 13.8 Å². The third-order valence-corrected chi connectivity index (χ3v) is 4.64. The molecule has 0 spiro atoms. The summed E-state index contributed by atoms with van der Waals surface area (Å²) in [6, 6.07) is 6.83. The number of rotatable bonds is 8. The van der Waals surface area contributed by atoms with Crippen molar-refractivity contribution in [3.8, 4) is 17.1 Å². The molecule has 0 fully saturated rings. The predicted octanol–water partition coefficient (Wildman–Crippen LogP) is 4.24. The van der Waals surface area contributed by atoms with Crippen LogP contribution in [0, 0.1) is 19.7 Å². The number of aliphatic hydroxyl groups is 1. The highest BCUT2D eigenvalue weighted by atomic mass is 19.3. The number of hydrogen-bond acceptors (Lipinski definition) is 6. The molecule has 0 aliphatic carbocycles. The predicted molar refractivity (Wildman–Crippen MR) is 110 cm³/mol. The maximum atomic E-state index is 14.1. The Bertz CT molecular complexity index is 1040. The highest BCUT2D eigenvalue weighted by Gasteiger charge is 2.27. The number of aromatic nitrogens is 4. The Morgan fingerprint density at radius 3 is 2.35 bits per heavy atom. The number of alkyl halides is 2. The normalized spacial score (nSPS) is 12.3. The number of ether oxygens (including phenoxy) is 1. The summed E-state index contributed by atoms with van der Waals surface area (Å²) in [5.74, 6) is -0.679. The minimum absolute atomic E-state index is 0.0583. The summed E-state index contributed by atoms with van der Waals surface area (Å²) in [4.78, 5) is 9.17. The van der Waals surface area contributed by atoms with Crippen molar-refractivity contribution >= 4 is 11.6 Å². The Morgan fingerprint density at radius 2 is 1.77 bits per heavy atom. The van der Waals surface area contributed by atoms with E-state index < -0.39 is 18.5 Å². The molecule has 1 N–H and O–H groups in total. The largest absolute Gasteiger partial charge is 0.497 e. The molecule has 2 heterocycles. The molecule has 166 valence electrons. The molecule has 1 atom stereocenters. The van der Waals surface area contributed by atoms with Gasteiger partial charge in [0, 0.05) is 29.1 Å². The zero-order valence-corrected chi connectivity index (χ0v) is 17.7. The highest BCUT2D eigenvalue weighted by molar-refractivity contribution is 5.63. The van der Waals surface area contributed by atoms with Crippen LogP contribution in [-0.4, -0.2) is 44.6 Å².